The molecule has 0 rings (SSSR count). The van der Waals surface area contributed by atoms with Crippen LogP contribution in [0.4, 0.5) is 0 Å². The zero-order chi connectivity index (χ0) is 11.1. The minimum atomic E-state index is -5.07. The highest BCUT2D eigenvalue weighted by Crippen LogP contribution is 2.69. The van der Waals surface area contributed by atoms with Crippen molar-refractivity contribution in [3.05, 3.63) is 0 Å². The van der Waals surface area contributed by atoms with Crippen LogP contribution in [-0.2, 0) is 9.13 Å². The van der Waals surface area contributed by atoms with E-state index in [0.29, 0.717) is 0 Å². The maximum atomic E-state index is 10.8. The summed E-state index contributed by atoms with van der Waals surface area (Å²) in [5, 5.41) is -2.82. The summed E-state index contributed by atoms with van der Waals surface area (Å²) in [6.07, 6.45) is 0. The second-order valence-electron chi connectivity index (χ2n) is 2.17. The molecular formula is C2H7I2NO6P2. The summed E-state index contributed by atoms with van der Waals surface area (Å²) in [5.41, 5.74) is 5.05. The average molecular weight is 457 g/mol. The summed E-state index contributed by atoms with van der Waals surface area (Å²) < 4.78 is 20.5. The van der Waals surface area contributed by atoms with Gasteiger partial charge >= 0.3 is 15.2 Å². The van der Waals surface area contributed by atoms with Crippen LogP contribution < -0.4 is 5.73 Å². The summed E-state index contributed by atoms with van der Waals surface area (Å²) in [7, 11) is -10.1. The molecule has 0 amide bonds. The van der Waals surface area contributed by atoms with Crippen molar-refractivity contribution in [1.82, 2.24) is 0 Å². The number of nitrogens with two attached hydrogens (primary N) is 1. The van der Waals surface area contributed by atoms with Crippen molar-refractivity contribution >= 4 is 60.4 Å². The van der Waals surface area contributed by atoms with E-state index in [1.54, 1.807) is 0 Å². The molecule has 0 saturated heterocycles. The highest BCUT2D eigenvalue weighted by atomic mass is 127. The van der Waals surface area contributed by atoms with Gasteiger partial charge in [-0.2, -0.15) is 0 Å². The molecular weight excluding hydrogens is 450 g/mol. The summed E-state index contributed by atoms with van der Waals surface area (Å²) >= 11 is 2.90. The fraction of sp³-hybridized carbons (Fsp3) is 1.00. The predicted molar refractivity (Wildman–Crippen MR) is 62.8 cm³/mol. The van der Waals surface area contributed by atoms with Crippen LogP contribution in [0.2, 0.25) is 0 Å². The minimum absolute atomic E-state index is 1.09. The molecule has 0 bridgehead atoms. The van der Waals surface area contributed by atoms with Crippen LogP contribution in [-0.4, -0.2) is 26.5 Å². The number of alkyl halides is 2. The van der Waals surface area contributed by atoms with Crippen LogP contribution in [0.25, 0.3) is 0 Å². The van der Waals surface area contributed by atoms with Gasteiger partial charge in [-0.05, 0) is 0 Å². The molecule has 0 aliphatic heterocycles. The van der Waals surface area contributed by atoms with Gasteiger partial charge in [0.2, 0.25) is 5.02 Å². The zero-order valence-electron chi connectivity index (χ0n) is 5.91. The third-order valence-electron chi connectivity index (χ3n) is 1.25. The van der Waals surface area contributed by atoms with Crippen LogP contribution in [0.5, 0.6) is 0 Å². The Morgan fingerprint density at radius 2 is 1.31 bits per heavy atom. The molecule has 11 heteroatoms. The molecule has 0 aromatic carbocycles. The summed E-state index contributed by atoms with van der Waals surface area (Å²) in [5.74, 6) is 0. The van der Waals surface area contributed by atoms with E-state index in [-0.39, 0.29) is 0 Å². The van der Waals surface area contributed by atoms with Gasteiger partial charge in [-0.1, -0.05) is 45.2 Å². The Bertz CT molecular complexity index is 258. The molecule has 0 aromatic rings. The number of rotatable bonds is 3. The molecule has 0 aliphatic carbocycles. The van der Waals surface area contributed by atoms with Gasteiger partial charge in [0.1, 0.15) is 1.93 Å². The van der Waals surface area contributed by atoms with Crippen molar-refractivity contribution in [2.75, 3.05) is 0 Å². The van der Waals surface area contributed by atoms with Gasteiger partial charge in [-0.15, -0.1) is 0 Å². The summed E-state index contributed by atoms with van der Waals surface area (Å²) in [6.45, 7) is 0. The van der Waals surface area contributed by atoms with Crippen molar-refractivity contribution < 1.29 is 28.7 Å². The molecule has 0 atom stereocenters. The second kappa shape index (κ2) is 4.30. The first-order valence-electron chi connectivity index (χ1n) is 2.63. The first kappa shape index (κ1) is 14.7. The summed E-state index contributed by atoms with van der Waals surface area (Å²) in [4.78, 5) is 34.9. The van der Waals surface area contributed by atoms with Gasteiger partial charge in [0.05, 0.1) is 0 Å². The standard InChI is InChI=1S/C2H7I2NO6P2/c3-1(4)2(5,12(6,7)8)13(9,10)11/h1H,5H2,(H2,6,7,8)(H2,9,10,11). The highest BCUT2D eigenvalue weighted by Gasteiger charge is 2.61. The molecule has 13 heavy (non-hydrogen) atoms. The van der Waals surface area contributed by atoms with E-state index >= 15 is 0 Å². The molecule has 7 nitrogen and oxygen atoms in total. The Kier molecular flexibility index (Phi) is 4.87. The van der Waals surface area contributed by atoms with Crippen molar-refractivity contribution in [2.45, 2.75) is 6.95 Å². The maximum Gasteiger partial charge on any atom is 0.359 e. The van der Waals surface area contributed by atoms with Crippen molar-refractivity contribution in [3.63, 3.8) is 0 Å². The fourth-order valence-corrected chi connectivity index (χ4v) is 6.64. The van der Waals surface area contributed by atoms with Gasteiger partial charge in [0.25, 0.3) is 0 Å². The minimum Gasteiger partial charge on any atom is -0.323 e. The molecule has 0 radical (unpaired) electrons. The number of halogens is 2. The van der Waals surface area contributed by atoms with Crippen LogP contribution in [0.1, 0.15) is 0 Å². The van der Waals surface area contributed by atoms with E-state index in [9.17, 15) is 9.13 Å². The van der Waals surface area contributed by atoms with Crippen molar-refractivity contribution in [2.24, 2.45) is 5.73 Å². The lowest BCUT2D eigenvalue weighted by molar-refractivity contribution is 0.316. The quantitative estimate of drug-likeness (QED) is 0.231. The van der Waals surface area contributed by atoms with E-state index in [1.165, 1.54) is 45.2 Å². The second-order valence-corrected chi connectivity index (χ2v) is 11.1. The zero-order valence-corrected chi connectivity index (χ0v) is 12.0. The third-order valence-corrected chi connectivity index (χ3v) is 9.14. The molecule has 0 aliphatic rings. The molecule has 0 fully saturated rings. The molecule has 0 saturated carbocycles. The lowest BCUT2D eigenvalue weighted by Crippen LogP contribution is -2.44. The topological polar surface area (TPSA) is 141 Å². The van der Waals surface area contributed by atoms with Crippen molar-refractivity contribution in [1.29, 1.82) is 0 Å². The van der Waals surface area contributed by atoms with Gasteiger partial charge < -0.3 is 25.3 Å². The Labute approximate surface area is 101 Å². The largest absolute Gasteiger partial charge is 0.359 e. The van der Waals surface area contributed by atoms with Crippen LogP contribution in [0.15, 0.2) is 0 Å². The van der Waals surface area contributed by atoms with Gasteiger partial charge in [-0.3, -0.25) is 9.13 Å². The Balaban J connectivity index is 5.50. The third kappa shape index (κ3) is 2.85. The van der Waals surface area contributed by atoms with E-state index in [0.717, 1.165) is 0 Å². The molecule has 80 valence electrons. The van der Waals surface area contributed by atoms with Crippen LogP contribution in [0.3, 0.4) is 0 Å². The lowest BCUT2D eigenvalue weighted by Gasteiger charge is -2.31. The van der Waals surface area contributed by atoms with Crippen molar-refractivity contribution in [3.8, 4) is 0 Å². The molecule has 0 unspecified atom stereocenters. The fourth-order valence-electron chi connectivity index (χ4n) is 0.424. The van der Waals surface area contributed by atoms with E-state index in [1.807, 2.05) is 0 Å². The molecule has 6 N–H and O–H groups in total. The average Bonchev–Trinajstić information content (AvgIpc) is 1.80. The molecule has 0 aromatic heterocycles. The Morgan fingerprint density at radius 1 is 1.08 bits per heavy atom. The predicted octanol–water partition coefficient (Wildman–Crippen LogP) is 0.150. The Morgan fingerprint density at radius 3 is 1.31 bits per heavy atom. The Hall–Kier alpha value is 1.72. The SMILES string of the molecule is NC(C(I)I)(P(=O)(O)O)P(=O)(O)O. The first-order chi connectivity index (χ1) is 5.44. The van der Waals surface area contributed by atoms with E-state index in [2.05, 4.69) is 0 Å². The number of hydrogen-bond acceptors (Lipinski definition) is 3. The van der Waals surface area contributed by atoms with Crippen LogP contribution in [0, 0.1) is 0 Å². The molecule has 0 spiro atoms. The summed E-state index contributed by atoms with van der Waals surface area (Å²) in [6, 6.07) is 0. The monoisotopic (exact) mass is 457 g/mol. The van der Waals surface area contributed by atoms with Gasteiger partial charge in [-0.25, -0.2) is 0 Å². The molecule has 0 heterocycles. The van der Waals surface area contributed by atoms with E-state index in [4.69, 9.17) is 25.3 Å². The van der Waals surface area contributed by atoms with Gasteiger partial charge in [0.15, 0.2) is 0 Å². The van der Waals surface area contributed by atoms with E-state index < -0.39 is 22.1 Å². The van der Waals surface area contributed by atoms with Gasteiger partial charge in [0, 0.05) is 0 Å². The first-order valence-corrected chi connectivity index (χ1v) is 8.34. The maximum absolute atomic E-state index is 10.8. The smallest absolute Gasteiger partial charge is 0.323 e. The highest BCUT2D eigenvalue weighted by molar-refractivity contribution is 14.2. The normalized spacial score (nSPS) is 15.1. The van der Waals surface area contributed by atoms with Crippen LogP contribution >= 0.6 is 60.4 Å². The lowest BCUT2D eigenvalue weighted by atomic mass is 10.8. The number of hydrogen-bond donors (Lipinski definition) is 5.